The molecule has 1 amide bonds. The van der Waals surface area contributed by atoms with Crippen LogP contribution < -0.4 is 5.32 Å². The zero-order valence-electron chi connectivity index (χ0n) is 10.1. The predicted octanol–water partition coefficient (Wildman–Crippen LogP) is 3.17. The average molecular weight is 283 g/mol. The molecule has 0 aromatic heterocycles. The number of hydrogen-bond acceptors (Lipinski definition) is 1. The van der Waals surface area contributed by atoms with E-state index in [1.165, 1.54) is 24.3 Å². The second kappa shape index (κ2) is 5.73. The van der Waals surface area contributed by atoms with Crippen LogP contribution in [-0.4, -0.2) is 5.91 Å². The second-order valence-electron chi connectivity index (χ2n) is 4.03. The molecule has 0 bridgehead atoms. The van der Waals surface area contributed by atoms with Crippen molar-refractivity contribution in [2.24, 2.45) is 0 Å². The zero-order chi connectivity index (χ0) is 14.7. The molecule has 0 unspecified atom stereocenters. The normalized spacial score (nSPS) is 10.4. The highest BCUT2D eigenvalue weighted by atomic mass is 19.2. The second-order valence-corrected chi connectivity index (χ2v) is 4.03. The zero-order valence-corrected chi connectivity index (χ0v) is 10.1. The number of hydrogen-bond donors (Lipinski definition) is 1. The van der Waals surface area contributed by atoms with Gasteiger partial charge in [0.2, 0.25) is 0 Å². The third-order valence-corrected chi connectivity index (χ3v) is 2.65. The number of rotatable bonds is 3. The fraction of sp³-hybridized carbons (Fsp3) is 0.0714. The van der Waals surface area contributed by atoms with Crippen LogP contribution in [0.25, 0.3) is 0 Å². The fourth-order valence-electron chi connectivity index (χ4n) is 1.58. The van der Waals surface area contributed by atoms with Gasteiger partial charge in [0.1, 0.15) is 5.82 Å². The molecule has 0 heterocycles. The summed E-state index contributed by atoms with van der Waals surface area (Å²) in [7, 11) is 0. The summed E-state index contributed by atoms with van der Waals surface area (Å²) in [6.45, 7) is 0.0115. The summed E-state index contributed by atoms with van der Waals surface area (Å²) in [5.41, 5.74) is -0.00578. The molecule has 0 aliphatic rings. The van der Waals surface area contributed by atoms with Gasteiger partial charge in [0, 0.05) is 6.54 Å². The van der Waals surface area contributed by atoms with E-state index >= 15 is 0 Å². The van der Waals surface area contributed by atoms with Crippen LogP contribution >= 0.6 is 0 Å². The highest BCUT2D eigenvalue weighted by Crippen LogP contribution is 2.15. The van der Waals surface area contributed by atoms with Crippen molar-refractivity contribution in [2.45, 2.75) is 6.54 Å². The Morgan fingerprint density at radius 2 is 1.55 bits per heavy atom. The number of carbonyl (C=O) groups is 1. The van der Waals surface area contributed by atoms with Crippen molar-refractivity contribution in [1.82, 2.24) is 5.32 Å². The lowest BCUT2D eigenvalue weighted by atomic mass is 10.1. The van der Waals surface area contributed by atoms with E-state index in [9.17, 15) is 22.4 Å². The lowest BCUT2D eigenvalue weighted by Crippen LogP contribution is -2.24. The first-order valence-corrected chi connectivity index (χ1v) is 5.65. The summed E-state index contributed by atoms with van der Waals surface area (Å²) < 4.78 is 51.8. The van der Waals surface area contributed by atoms with Crippen LogP contribution in [0.5, 0.6) is 0 Å². The van der Waals surface area contributed by atoms with Crippen molar-refractivity contribution in [3.63, 3.8) is 0 Å². The summed E-state index contributed by atoms with van der Waals surface area (Å²) >= 11 is 0. The molecule has 2 aromatic rings. The van der Waals surface area contributed by atoms with Gasteiger partial charge in [-0.3, -0.25) is 4.79 Å². The number of nitrogens with one attached hydrogen (secondary N) is 1. The third-order valence-electron chi connectivity index (χ3n) is 2.65. The smallest absolute Gasteiger partial charge is 0.254 e. The highest BCUT2D eigenvalue weighted by Gasteiger charge is 2.18. The largest absolute Gasteiger partial charge is 0.348 e. The lowest BCUT2D eigenvalue weighted by Gasteiger charge is -2.07. The molecular formula is C14H9F4NO. The molecule has 0 aliphatic carbocycles. The summed E-state index contributed by atoms with van der Waals surface area (Å²) in [5.74, 6) is -5.91. The van der Waals surface area contributed by atoms with Crippen molar-refractivity contribution in [1.29, 1.82) is 0 Å². The van der Waals surface area contributed by atoms with Crippen LogP contribution in [-0.2, 0) is 6.54 Å². The van der Waals surface area contributed by atoms with E-state index in [0.717, 1.165) is 6.07 Å². The van der Waals surface area contributed by atoms with Crippen LogP contribution in [0.2, 0.25) is 0 Å². The van der Waals surface area contributed by atoms with Crippen LogP contribution in [0, 0.1) is 23.3 Å². The first kappa shape index (κ1) is 14.0. The molecule has 104 valence electrons. The van der Waals surface area contributed by atoms with E-state index in [-0.39, 0.29) is 6.54 Å². The van der Waals surface area contributed by atoms with Crippen LogP contribution in [0.3, 0.4) is 0 Å². The summed E-state index contributed by atoms with van der Waals surface area (Å²) in [6.07, 6.45) is 0. The van der Waals surface area contributed by atoms with Gasteiger partial charge in [-0.2, -0.15) is 0 Å². The molecule has 0 saturated carbocycles. The predicted molar refractivity (Wildman–Crippen MR) is 63.9 cm³/mol. The molecule has 2 nitrogen and oxygen atoms in total. The van der Waals surface area contributed by atoms with Crippen LogP contribution in [0.4, 0.5) is 17.6 Å². The quantitative estimate of drug-likeness (QED) is 0.680. The molecule has 2 rings (SSSR count). The van der Waals surface area contributed by atoms with Gasteiger partial charge in [0.05, 0.1) is 5.56 Å². The van der Waals surface area contributed by atoms with Crippen molar-refractivity contribution in [3.8, 4) is 0 Å². The topological polar surface area (TPSA) is 29.1 Å². The molecule has 2 aromatic carbocycles. The van der Waals surface area contributed by atoms with Crippen molar-refractivity contribution in [3.05, 3.63) is 70.8 Å². The number of benzene rings is 2. The molecule has 1 N–H and O–H groups in total. The standard InChI is InChI=1S/C14H9F4NO/c15-9-3-1-8(2-4-9)7-19-14(20)10-5-6-11(16)13(18)12(10)17/h1-6H,7H2,(H,19,20). The molecule has 0 aliphatic heterocycles. The van der Waals surface area contributed by atoms with Gasteiger partial charge in [-0.1, -0.05) is 12.1 Å². The first-order chi connectivity index (χ1) is 9.49. The van der Waals surface area contributed by atoms with Gasteiger partial charge >= 0.3 is 0 Å². The maximum absolute atomic E-state index is 13.4. The summed E-state index contributed by atoms with van der Waals surface area (Å²) in [4.78, 5) is 11.7. The Hall–Kier alpha value is -2.37. The van der Waals surface area contributed by atoms with E-state index < -0.39 is 34.7 Å². The Labute approximate surface area is 112 Å². The maximum atomic E-state index is 13.4. The van der Waals surface area contributed by atoms with Crippen molar-refractivity contribution >= 4 is 5.91 Å². The van der Waals surface area contributed by atoms with Gasteiger partial charge in [-0.15, -0.1) is 0 Å². The molecule has 0 atom stereocenters. The number of carbonyl (C=O) groups excluding carboxylic acids is 1. The Kier molecular flexibility index (Phi) is 4.02. The van der Waals surface area contributed by atoms with E-state index in [1.54, 1.807) is 0 Å². The monoisotopic (exact) mass is 283 g/mol. The minimum Gasteiger partial charge on any atom is -0.348 e. The van der Waals surface area contributed by atoms with E-state index in [2.05, 4.69) is 5.32 Å². The Morgan fingerprint density at radius 3 is 2.20 bits per heavy atom. The van der Waals surface area contributed by atoms with Gasteiger partial charge in [-0.25, -0.2) is 17.6 Å². The Morgan fingerprint density at radius 1 is 0.900 bits per heavy atom. The molecular weight excluding hydrogens is 274 g/mol. The molecule has 0 fully saturated rings. The van der Waals surface area contributed by atoms with Gasteiger partial charge in [0.25, 0.3) is 5.91 Å². The van der Waals surface area contributed by atoms with E-state index in [0.29, 0.717) is 11.6 Å². The molecule has 0 spiro atoms. The van der Waals surface area contributed by atoms with Crippen LogP contribution in [0.1, 0.15) is 15.9 Å². The van der Waals surface area contributed by atoms with Crippen LogP contribution in [0.15, 0.2) is 36.4 Å². The highest BCUT2D eigenvalue weighted by molar-refractivity contribution is 5.94. The molecule has 0 radical (unpaired) electrons. The van der Waals surface area contributed by atoms with Crippen molar-refractivity contribution < 1.29 is 22.4 Å². The van der Waals surface area contributed by atoms with Gasteiger partial charge in [0.15, 0.2) is 17.5 Å². The number of halogens is 4. The summed E-state index contributed by atoms with van der Waals surface area (Å²) in [6, 6.07) is 6.83. The van der Waals surface area contributed by atoms with E-state index in [1.807, 2.05) is 0 Å². The molecule has 20 heavy (non-hydrogen) atoms. The SMILES string of the molecule is O=C(NCc1ccc(F)cc1)c1ccc(F)c(F)c1F. The Bertz CT molecular complexity index is 640. The Balaban J connectivity index is 2.09. The van der Waals surface area contributed by atoms with Crippen molar-refractivity contribution in [2.75, 3.05) is 0 Å². The van der Waals surface area contributed by atoms with E-state index in [4.69, 9.17) is 0 Å². The molecule has 6 heteroatoms. The number of amides is 1. The first-order valence-electron chi connectivity index (χ1n) is 5.65. The minimum absolute atomic E-state index is 0.0115. The fourth-order valence-corrected chi connectivity index (χ4v) is 1.58. The summed E-state index contributed by atoms with van der Waals surface area (Å²) in [5, 5.41) is 2.33. The van der Waals surface area contributed by atoms with Gasteiger partial charge in [-0.05, 0) is 29.8 Å². The van der Waals surface area contributed by atoms with Gasteiger partial charge < -0.3 is 5.32 Å². The maximum Gasteiger partial charge on any atom is 0.254 e. The minimum atomic E-state index is -1.69. The average Bonchev–Trinajstić information content (AvgIpc) is 2.44. The lowest BCUT2D eigenvalue weighted by molar-refractivity contribution is 0.0945. The molecule has 0 saturated heterocycles. The third kappa shape index (κ3) is 2.96.